The van der Waals surface area contributed by atoms with Crippen LogP contribution in [0.5, 0.6) is 11.5 Å². The first kappa shape index (κ1) is 15.0. The summed E-state index contributed by atoms with van der Waals surface area (Å²) in [7, 11) is 3.44. The first-order chi connectivity index (χ1) is 9.74. The molecule has 0 amide bonds. The van der Waals surface area contributed by atoms with Gasteiger partial charge in [0.2, 0.25) is 0 Å². The van der Waals surface area contributed by atoms with E-state index in [4.69, 9.17) is 9.47 Å². The Balaban J connectivity index is 2.38. The molecule has 0 heterocycles. The molecule has 0 aliphatic heterocycles. The van der Waals surface area contributed by atoms with Gasteiger partial charge in [0.15, 0.2) is 0 Å². The molecule has 0 spiro atoms. The molecule has 2 heteroatoms. The zero-order chi connectivity index (χ0) is 14.4. The van der Waals surface area contributed by atoms with Crippen LogP contribution in [-0.2, 0) is 5.41 Å². The second-order valence-electron chi connectivity index (χ2n) is 5.77. The second kappa shape index (κ2) is 6.83. The molecular formula is C18H26O2. The Morgan fingerprint density at radius 1 is 1.05 bits per heavy atom. The van der Waals surface area contributed by atoms with Crippen molar-refractivity contribution in [3.8, 4) is 11.5 Å². The number of ether oxygens (including phenoxy) is 2. The smallest absolute Gasteiger partial charge is 0.122 e. The summed E-state index contributed by atoms with van der Waals surface area (Å²) >= 11 is 0. The van der Waals surface area contributed by atoms with Crippen molar-refractivity contribution in [2.45, 2.75) is 50.4 Å². The predicted molar refractivity (Wildman–Crippen MR) is 83.7 cm³/mol. The van der Waals surface area contributed by atoms with E-state index in [1.807, 2.05) is 12.1 Å². The Kier molecular flexibility index (Phi) is 5.11. The molecule has 1 saturated carbocycles. The largest absolute Gasteiger partial charge is 0.497 e. The first-order valence-electron chi connectivity index (χ1n) is 7.58. The highest BCUT2D eigenvalue weighted by atomic mass is 16.5. The van der Waals surface area contributed by atoms with Crippen molar-refractivity contribution in [2.24, 2.45) is 0 Å². The fourth-order valence-electron chi connectivity index (χ4n) is 3.40. The standard InChI is InChI=1S/C18H26O2/c1-4-5-9-18(10-7-6-8-11-18)15-12-16(19-2)14-17(13-15)20-3/h4,12-14H,1,5-11H2,2-3H3. The van der Waals surface area contributed by atoms with Crippen LogP contribution in [-0.4, -0.2) is 14.2 Å². The van der Waals surface area contributed by atoms with Gasteiger partial charge < -0.3 is 9.47 Å². The molecule has 0 unspecified atom stereocenters. The van der Waals surface area contributed by atoms with E-state index < -0.39 is 0 Å². The minimum absolute atomic E-state index is 0.272. The highest BCUT2D eigenvalue weighted by Gasteiger charge is 2.33. The quantitative estimate of drug-likeness (QED) is 0.689. The summed E-state index contributed by atoms with van der Waals surface area (Å²) in [6, 6.07) is 6.33. The maximum Gasteiger partial charge on any atom is 0.122 e. The molecule has 1 aliphatic carbocycles. The minimum Gasteiger partial charge on any atom is -0.497 e. The van der Waals surface area contributed by atoms with E-state index in [9.17, 15) is 0 Å². The molecule has 0 atom stereocenters. The molecule has 2 nitrogen and oxygen atoms in total. The minimum atomic E-state index is 0.272. The SMILES string of the molecule is C=CCCC1(c2cc(OC)cc(OC)c2)CCCCC1. The number of hydrogen-bond donors (Lipinski definition) is 0. The van der Waals surface area contributed by atoms with Crippen molar-refractivity contribution in [2.75, 3.05) is 14.2 Å². The van der Waals surface area contributed by atoms with Gasteiger partial charge in [0.25, 0.3) is 0 Å². The predicted octanol–water partition coefficient (Wildman–Crippen LogP) is 4.87. The molecule has 1 aliphatic rings. The summed E-state index contributed by atoms with van der Waals surface area (Å²) in [6.45, 7) is 3.89. The van der Waals surface area contributed by atoms with Crippen LogP contribution in [0.15, 0.2) is 30.9 Å². The maximum absolute atomic E-state index is 5.44. The third-order valence-electron chi connectivity index (χ3n) is 4.60. The summed E-state index contributed by atoms with van der Waals surface area (Å²) in [4.78, 5) is 0. The Bertz CT molecular complexity index is 422. The van der Waals surface area contributed by atoms with Crippen molar-refractivity contribution < 1.29 is 9.47 Å². The topological polar surface area (TPSA) is 18.5 Å². The van der Waals surface area contributed by atoms with Gasteiger partial charge in [-0.15, -0.1) is 6.58 Å². The van der Waals surface area contributed by atoms with Gasteiger partial charge in [-0.3, -0.25) is 0 Å². The summed E-state index contributed by atoms with van der Waals surface area (Å²) in [5, 5.41) is 0. The highest BCUT2D eigenvalue weighted by molar-refractivity contribution is 5.42. The van der Waals surface area contributed by atoms with E-state index in [-0.39, 0.29) is 5.41 Å². The molecule has 0 bridgehead atoms. The van der Waals surface area contributed by atoms with Gasteiger partial charge in [0.05, 0.1) is 14.2 Å². The fraction of sp³-hybridized carbons (Fsp3) is 0.556. The molecule has 110 valence electrons. The molecule has 1 aromatic carbocycles. The van der Waals surface area contributed by atoms with Gasteiger partial charge in [0.1, 0.15) is 11.5 Å². The van der Waals surface area contributed by atoms with Crippen molar-refractivity contribution in [1.29, 1.82) is 0 Å². The fourth-order valence-corrected chi connectivity index (χ4v) is 3.40. The Morgan fingerprint density at radius 3 is 2.15 bits per heavy atom. The summed E-state index contributed by atoms with van der Waals surface area (Å²) in [6.07, 6.45) is 10.8. The van der Waals surface area contributed by atoms with Gasteiger partial charge in [-0.2, -0.15) is 0 Å². The number of rotatable bonds is 6. The molecule has 0 saturated heterocycles. The monoisotopic (exact) mass is 274 g/mol. The second-order valence-corrected chi connectivity index (χ2v) is 5.77. The van der Waals surface area contributed by atoms with Crippen LogP contribution in [0.1, 0.15) is 50.5 Å². The van der Waals surface area contributed by atoms with Crippen molar-refractivity contribution in [3.63, 3.8) is 0 Å². The van der Waals surface area contributed by atoms with Gasteiger partial charge in [-0.1, -0.05) is 25.3 Å². The van der Waals surface area contributed by atoms with Crippen molar-refractivity contribution in [3.05, 3.63) is 36.4 Å². The molecule has 2 rings (SSSR count). The van der Waals surface area contributed by atoms with E-state index in [0.717, 1.165) is 17.9 Å². The Hall–Kier alpha value is -1.44. The van der Waals surface area contributed by atoms with Crippen LogP contribution < -0.4 is 9.47 Å². The average Bonchev–Trinajstić information content (AvgIpc) is 2.53. The van der Waals surface area contributed by atoms with Crippen LogP contribution in [0.4, 0.5) is 0 Å². The maximum atomic E-state index is 5.44. The van der Waals surface area contributed by atoms with Gasteiger partial charge in [-0.25, -0.2) is 0 Å². The van der Waals surface area contributed by atoms with Crippen LogP contribution in [0, 0.1) is 0 Å². The molecule has 0 aromatic heterocycles. The zero-order valence-corrected chi connectivity index (χ0v) is 12.8. The first-order valence-corrected chi connectivity index (χ1v) is 7.58. The van der Waals surface area contributed by atoms with Crippen LogP contribution in [0.3, 0.4) is 0 Å². The van der Waals surface area contributed by atoms with E-state index in [1.54, 1.807) is 14.2 Å². The van der Waals surface area contributed by atoms with Gasteiger partial charge in [0, 0.05) is 6.07 Å². The lowest BCUT2D eigenvalue weighted by molar-refractivity contribution is 0.273. The highest BCUT2D eigenvalue weighted by Crippen LogP contribution is 2.45. The molecular weight excluding hydrogens is 248 g/mol. The summed E-state index contributed by atoms with van der Waals surface area (Å²) in [5.74, 6) is 1.78. The Morgan fingerprint density at radius 2 is 1.65 bits per heavy atom. The average molecular weight is 274 g/mol. The van der Waals surface area contributed by atoms with E-state index in [0.29, 0.717) is 0 Å². The lowest BCUT2D eigenvalue weighted by atomic mass is 9.67. The lowest BCUT2D eigenvalue weighted by Crippen LogP contribution is -2.29. The number of allylic oxidation sites excluding steroid dienone is 1. The van der Waals surface area contributed by atoms with Gasteiger partial charge in [-0.05, 0) is 48.8 Å². The zero-order valence-electron chi connectivity index (χ0n) is 12.8. The summed E-state index contributed by atoms with van der Waals surface area (Å²) < 4.78 is 10.9. The number of benzene rings is 1. The molecule has 20 heavy (non-hydrogen) atoms. The number of methoxy groups -OCH3 is 2. The van der Waals surface area contributed by atoms with Crippen LogP contribution in [0.25, 0.3) is 0 Å². The third-order valence-corrected chi connectivity index (χ3v) is 4.60. The molecule has 0 N–H and O–H groups in total. The molecule has 1 aromatic rings. The van der Waals surface area contributed by atoms with E-state index >= 15 is 0 Å². The molecule has 0 radical (unpaired) electrons. The van der Waals surface area contributed by atoms with Crippen LogP contribution >= 0.6 is 0 Å². The molecule has 1 fully saturated rings. The summed E-state index contributed by atoms with van der Waals surface area (Å²) in [5.41, 5.74) is 1.64. The van der Waals surface area contributed by atoms with Gasteiger partial charge >= 0.3 is 0 Å². The Labute approximate surface area is 122 Å². The normalized spacial score (nSPS) is 17.5. The number of hydrogen-bond acceptors (Lipinski definition) is 2. The van der Waals surface area contributed by atoms with Crippen molar-refractivity contribution >= 4 is 0 Å². The van der Waals surface area contributed by atoms with Crippen LogP contribution in [0.2, 0.25) is 0 Å². The van der Waals surface area contributed by atoms with E-state index in [2.05, 4.69) is 18.7 Å². The lowest BCUT2D eigenvalue weighted by Gasteiger charge is -2.38. The van der Waals surface area contributed by atoms with E-state index in [1.165, 1.54) is 44.1 Å². The third kappa shape index (κ3) is 3.17. The van der Waals surface area contributed by atoms with Crippen molar-refractivity contribution in [1.82, 2.24) is 0 Å².